The van der Waals surface area contributed by atoms with Crippen molar-refractivity contribution in [2.24, 2.45) is 0 Å². The molecular weight excluding hydrogens is 632 g/mol. The highest BCUT2D eigenvalue weighted by Crippen LogP contribution is 2.47. The molecule has 0 fully saturated rings. The van der Waals surface area contributed by atoms with Crippen LogP contribution in [0, 0.1) is 6.92 Å². The number of carbonyl (C=O) groups is 2. The smallest absolute Gasteiger partial charge is 0.407 e. The Morgan fingerprint density at radius 2 is 1.92 bits per heavy atom. The summed E-state index contributed by atoms with van der Waals surface area (Å²) in [5.41, 5.74) is 5.45. The Kier molecular flexibility index (Phi) is 13.8. The van der Waals surface area contributed by atoms with Crippen LogP contribution in [0.15, 0.2) is 11.6 Å². The lowest BCUT2D eigenvalue weighted by Crippen LogP contribution is -2.28. The average molecular weight is 670 g/mol. The Morgan fingerprint density at radius 3 is 2.54 bits per heavy atom. The number of allylic oxidation sites excluding steroid dienone is 1. The Bertz CT molecular complexity index is 1020. The van der Waals surface area contributed by atoms with Crippen LogP contribution < -0.4 is 10.1 Å². The van der Waals surface area contributed by atoms with Crippen molar-refractivity contribution in [3.05, 3.63) is 39.5 Å². The molecule has 0 unspecified atom stereocenters. The number of alkyl carbamates (subject to hydrolysis) is 1. The predicted molar refractivity (Wildman–Crippen MR) is 154 cm³/mol. The zero-order valence-corrected chi connectivity index (χ0v) is 26.0. The highest BCUT2D eigenvalue weighted by atomic mass is 127. The van der Waals surface area contributed by atoms with Crippen LogP contribution in [0.5, 0.6) is 5.75 Å². The van der Waals surface area contributed by atoms with Crippen LogP contribution in [0.4, 0.5) is 4.79 Å². The molecule has 0 saturated carbocycles. The molecule has 1 aliphatic heterocycles. The minimum absolute atomic E-state index is 0.0668. The summed E-state index contributed by atoms with van der Waals surface area (Å²) >= 11 is 2.22. The first-order valence-electron chi connectivity index (χ1n) is 12.4. The normalized spacial score (nSPS) is 13.4. The molecule has 1 N–H and O–H groups in total. The van der Waals surface area contributed by atoms with Crippen LogP contribution in [0.25, 0.3) is 0 Å². The van der Waals surface area contributed by atoms with Gasteiger partial charge >= 0.3 is 19.7 Å². The number of carbonyl (C=O) groups excluding carboxylic acids is 2. The maximum Gasteiger partial charge on any atom is 0.407 e. The number of hydrogen-bond acceptors (Lipinski definition) is 9. The predicted octanol–water partition coefficient (Wildman–Crippen LogP) is 6.17. The summed E-state index contributed by atoms with van der Waals surface area (Å²) in [6.07, 6.45) is 2.75. The quantitative estimate of drug-likeness (QED) is 0.0727. The SMILES string of the molecule is CCOP(=O)(CCNC(=O)OC/C(C)=C/Cc1c(CC)c(C)c2c(c1OCCSI)C(=O)OC2)OCC. The van der Waals surface area contributed by atoms with E-state index in [4.69, 9.17) is 23.3 Å². The molecular formula is C25H37INO8PS. The van der Waals surface area contributed by atoms with Gasteiger partial charge in [0.05, 0.1) is 26.0 Å². The van der Waals surface area contributed by atoms with E-state index >= 15 is 0 Å². The van der Waals surface area contributed by atoms with Crippen molar-refractivity contribution < 1.29 is 37.4 Å². The zero-order chi connectivity index (χ0) is 27.4. The van der Waals surface area contributed by atoms with Crippen LogP contribution in [0.3, 0.4) is 0 Å². The first kappa shape index (κ1) is 31.9. The number of hydrogen-bond donors (Lipinski definition) is 1. The second kappa shape index (κ2) is 16.0. The van der Waals surface area contributed by atoms with Crippen LogP contribution in [-0.2, 0) is 42.5 Å². The fourth-order valence-corrected chi connectivity index (χ4v) is 6.27. The monoisotopic (exact) mass is 669 g/mol. The van der Waals surface area contributed by atoms with Gasteiger partial charge in [-0.1, -0.05) is 21.9 Å². The fourth-order valence-electron chi connectivity index (χ4n) is 4.08. The number of benzene rings is 1. The molecule has 1 amide bonds. The molecule has 0 spiro atoms. The van der Waals surface area contributed by atoms with Gasteiger partial charge < -0.3 is 28.6 Å². The minimum atomic E-state index is -3.22. The molecule has 1 heterocycles. The molecule has 1 aromatic carbocycles. The first-order valence-corrected chi connectivity index (χ1v) is 17.6. The lowest BCUT2D eigenvalue weighted by molar-refractivity contribution is 0.0532. The largest absolute Gasteiger partial charge is 0.491 e. The fraction of sp³-hybridized carbons (Fsp3) is 0.600. The molecule has 1 aromatic rings. The van der Waals surface area contributed by atoms with Crippen LogP contribution in [0.2, 0.25) is 0 Å². The number of amides is 1. The Balaban J connectivity index is 2.07. The summed E-state index contributed by atoms with van der Waals surface area (Å²) in [6.45, 7) is 10.9. The number of cyclic esters (lactones) is 1. The van der Waals surface area contributed by atoms with Gasteiger partial charge in [0.25, 0.3) is 0 Å². The summed E-state index contributed by atoms with van der Waals surface area (Å²) in [4.78, 5) is 24.7. The highest BCUT2D eigenvalue weighted by Gasteiger charge is 2.32. The number of halogens is 1. The summed E-state index contributed by atoms with van der Waals surface area (Å²) < 4.78 is 39.7. The van der Waals surface area contributed by atoms with Gasteiger partial charge in [-0.05, 0) is 78.4 Å². The topological polar surface area (TPSA) is 109 Å². The van der Waals surface area contributed by atoms with Crippen molar-refractivity contribution in [2.45, 2.75) is 54.1 Å². The number of esters is 1. The molecule has 0 atom stereocenters. The molecule has 0 bridgehead atoms. The maximum atomic E-state index is 12.5. The standard InChI is InChI=1S/C25H37INO8PS/c1-6-19-18(5)21-16-32-24(28)22(21)23(31-12-14-37-26)20(19)10-9-17(4)15-33-25(29)27-11-13-36(30,34-7-2)35-8-3/h9H,6-8,10-16H2,1-5H3,(H,27,29)/b17-9+. The number of fused-ring (bicyclic) bond motifs is 1. The second-order valence-electron chi connectivity index (χ2n) is 8.28. The number of ether oxygens (including phenoxy) is 3. The maximum absolute atomic E-state index is 12.5. The molecule has 0 aromatic heterocycles. The molecule has 2 rings (SSSR count). The lowest BCUT2D eigenvalue weighted by atomic mass is 9.89. The van der Waals surface area contributed by atoms with E-state index < -0.39 is 13.7 Å². The summed E-state index contributed by atoms with van der Waals surface area (Å²) in [5.74, 6) is 1.04. The van der Waals surface area contributed by atoms with E-state index in [1.165, 1.54) is 0 Å². The van der Waals surface area contributed by atoms with Crippen LogP contribution >= 0.6 is 37.7 Å². The molecule has 0 aliphatic carbocycles. The lowest BCUT2D eigenvalue weighted by Gasteiger charge is -2.20. The summed E-state index contributed by atoms with van der Waals surface area (Å²) in [6, 6.07) is 0. The average Bonchev–Trinajstić information content (AvgIpc) is 3.25. The third-order valence-electron chi connectivity index (χ3n) is 5.78. The molecule has 208 valence electrons. The van der Waals surface area contributed by atoms with E-state index in [2.05, 4.69) is 33.4 Å². The van der Waals surface area contributed by atoms with E-state index in [1.54, 1.807) is 22.8 Å². The Labute approximate surface area is 235 Å². The third kappa shape index (κ3) is 9.16. The van der Waals surface area contributed by atoms with Crippen LogP contribution in [-0.4, -0.2) is 56.9 Å². The van der Waals surface area contributed by atoms with Crippen molar-refractivity contribution in [3.8, 4) is 5.75 Å². The van der Waals surface area contributed by atoms with E-state index in [0.29, 0.717) is 24.3 Å². The van der Waals surface area contributed by atoms with Gasteiger partial charge in [0, 0.05) is 23.4 Å². The molecule has 12 heteroatoms. The Hall–Kier alpha value is -1.27. The van der Waals surface area contributed by atoms with Crippen LogP contribution in [0.1, 0.15) is 60.3 Å². The third-order valence-corrected chi connectivity index (χ3v) is 9.49. The first-order chi connectivity index (χ1) is 17.7. The van der Waals surface area contributed by atoms with Crippen molar-refractivity contribution >= 4 is 49.8 Å². The van der Waals surface area contributed by atoms with Gasteiger partial charge in [-0.15, -0.1) is 0 Å². The van der Waals surface area contributed by atoms with Crippen molar-refractivity contribution in [1.82, 2.24) is 5.32 Å². The van der Waals surface area contributed by atoms with E-state index in [1.807, 2.05) is 19.9 Å². The second-order valence-corrected chi connectivity index (χ2v) is 13.0. The van der Waals surface area contributed by atoms with E-state index in [0.717, 1.165) is 40.0 Å². The van der Waals surface area contributed by atoms with Gasteiger partial charge in [0.15, 0.2) is 0 Å². The molecule has 0 saturated heterocycles. The van der Waals surface area contributed by atoms with Crippen molar-refractivity contribution in [1.29, 1.82) is 0 Å². The van der Waals surface area contributed by atoms with Gasteiger partial charge in [0.2, 0.25) is 0 Å². The van der Waals surface area contributed by atoms with Crippen molar-refractivity contribution in [3.63, 3.8) is 0 Å². The molecule has 1 aliphatic rings. The highest BCUT2D eigenvalue weighted by molar-refractivity contribution is 14.2. The molecule has 37 heavy (non-hydrogen) atoms. The number of nitrogens with one attached hydrogen (secondary N) is 1. The van der Waals surface area contributed by atoms with E-state index in [9.17, 15) is 14.2 Å². The minimum Gasteiger partial charge on any atom is -0.491 e. The van der Waals surface area contributed by atoms with Gasteiger partial charge in [-0.2, -0.15) is 0 Å². The van der Waals surface area contributed by atoms with Gasteiger partial charge in [0.1, 0.15) is 24.5 Å². The van der Waals surface area contributed by atoms with Crippen molar-refractivity contribution in [2.75, 3.05) is 44.9 Å². The molecule has 0 radical (unpaired) electrons. The van der Waals surface area contributed by atoms with Gasteiger partial charge in [-0.25, -0.2) is 9.59 Å². The number of rotatable bonds is 16. The van der Waals surface area contributed by atoms with Gasteiger partial charge in [-0.3, -0.25) is 4.57 Å². The summed E-state index contributed by atoms with van der Waals surface area (Å²) in [5, 5.41) is 2.59. The summed E-state index contributed by atoms with van der Waals surface area (Å²) in [7, 11) is -1.58. The molecule has 9 nitrogen and oxygen atoms in total. The zero-order valence-electron chi connectivity index (χ0n) is 22.1. The van der Waals surface area contributed by atoms with E-state index in [-0.39, 0.29) is 45.1 Å². The Morgan fingerprint density at radius 1 is 1.22 bits per heavy atom.